The van der Waals surface area contributed by atoms with E-state index in [4.69, 9.17) is 24.4 Å². The van der Waals surface area contributed by atoms with Crippen LogP contribution in [0.15, 0.2) is 57.5 Å². The number of carbonyl (C=O) groups is 2. The van der Waals surface area contributed by atoms with Gasteiger partial charge >= 0.3 is 0 Å². The lowest BCUT2D eigenvalue weighted by Gasteiger charge is -2.34. The Hall–Kier alpha value is -1.88. The molecule has 32 heavy (non-hydrogen) atoms. The van der Waals surface area contributed by atoms with Gasteiger partial charge in [0.2, 0.25) is 0 Å². The van der Waals surface area contributed by atoms with E-state index in [0.717, 1.165) is 25.7 Å². The number of nitrogens with one attached hydrogen (secondary N) is 4. The standard InChI is InChI=1S/C22H22Br2N4O2S2/c23-15-9-3-1-7-13(15)19(29)27-21(31)25-17-11-5-6-12-18(17)26-22(32)28-20(30)14-8-2-4-10-16(14)24/h1-4,7-10,17-18H,5-6,11-12H2,(H2,25,27,29,31)(H2,26,28,30,32)/t17-,18+. The van der Waals surface area contributed by atoms with Crippen molar-refractivity contribution >= 4 is 78.3 Å². The summed E-state index contributed by atoms with van der Waals surface area (Å²) in [6, 6.07) is 14.2. The average molecular weight is 598 g/mol. The lowest BCUT2D eigenvalue weighted by atomic mass is 9.90. The molecule has 0 saturated heterocycles. The molecule has 2 amide bonds. The van der Waals surface area contributed by atoms with Gasteiger partial charge in [-0.1, -0.05) is 37.1 Å². The third-order valence-electron chi connectivity index (χ3n) is 5.09. The van der Waals surface area contributed by atoms with Crippen molar-refractivity contribution in [2.45, 2.75) is 37.8 Å². The van der Waals surface area contributed by atoms with Gasteiger partial charge in [-0.3, -0.25) is 20.2 Å². The van der Waals surface area contributed by atoms with Gasteiger partial charge in [0.1, 0.15) is 0 Å². The van der Waals surface area contributed by atoms with E-state index >= 15 is 0 Å². The number of halogens is 2. The molecule has 0 aliphatic heterocycles. The second-order valence-electron chi connectivity index (χ2n) is 7.31. The number of hydrogen-bond donors (Lipinski definition) is 4. The van der Waals surface area contributed by atoms with Crippen molar-refractivity contribution in [1.29, 1.82) is 0 Å². The van der Waals surface area contributed by atoms with Crippen molar-refractivity contribution < 1.29 is 9.59 Å². The molecule has 2 aromatic carbocycles. The highest BCUT2D eigenvalue weighted by Crippen LogP contribution is 2.20. The Kier molecular flexibility index (Phi) is 9.15. The van der Waals surface area contributed by atoms with Gasteiger partial charge < -0.3 is 10.6 Å². The Morgan fingerprint density at radius 1 is 0.719 bits per heavy atom. The molecule has 3 rings (SSSR count). The largest absolute Gasteiger partial charge is 0.358 e. The first-order valence-electron chi connectivity index (χ1n) is 10.1. The molecular weight excluding hydrogens is 576 g/mol. The second kappa shape index (κ2) is 11.8. The number of carbonyl (C=O) groups excluding carboxylic acids is 2. The van der Waals surface area contributed by atoms with E-state index in [9.17, 15) is 9.59 Å². The Morgan fingerprint density at radius 2 is 1.09 bits per heavy atom. The predicted octanol–water partition coefficient (Wildman–Crippen LogP) is 4.43. The highest BCUT2D eigenvalue weighted by molar-refractivity contribution is 9.10. The second-order valence-corrected chi connectivity index (χ2v) is 9.84. The van der Waals surface area contributed by atoms with E-state index in [0.29, 0.717) is 20.1 Å². The van der Waals surface area contributed by atoms with Crippen LogP contribution in [0.1, 0.15) is 46.4 Å². The van der Waals surface area contributed by atoms with Crippen LogP contribution in [0.4, 0.5) is 0 Å². The Balaban J connectivity index is 1.56. The molecule has 0 heterocycles. The molecule has 4 N–H and O–H groups in total. The third-order valence-corrected chi connectivity index (χ3v) is 6.91. The molecule has 2 atom stereocenters. The SMILES string of the molecule is O=C(NC(=S)N[C@H]1CCCC[C@H]1NC(=S)NC(=O)c1ccccc1Br)c1ccccc1Br. The fraction of sp³-hybridized carbons (Fsp3) is 0.273. The first-order valence-corrected chi connectivity index (χ1v) is 12.5. The molecule has 0 spiro atoms. The summed E-state index contributed by atoms with van der Waals surface area (Å²) < 4.78 is 1.40. The molecule has 10 heteroatoms. The zero-order valence-corrected chi connectivity index (χ0v) is 21.8. The summed E-state index contributed by atoms with van der Waals surface area (Å²) in [5, 5.41) is 12.4. The van der Waals surface area contributed by atoms with Crippen LogP contribution in [0.3, 0.4) is 0 Å². The highest BCUT2D eigenvalue weighted by atomic mass is 79.9. The van der Waals surface area contributed by atoms with E-state index in [1.54, 1.807) is 36.4 Å². The summed E-state index contributed by atoms with van der Waals surface area (Å²) >= 11 is 17.5. The van der Waals surface area contributed by atoms with Crippen LogP contribution < -0.4 is 21.3 Å². The molecular formula is C22H22Br2N4O2S2. The normalized spacial score (nSPS) is 17.7. The summed E-state index contributed by atoms with van der Waals surface area (Å²) in [6.45, 7) is 0. The topological polar surface area (TPSA) is 82.3 Å². The number of thiocarbonyl (C=S) groups is 2. The zero-order chi connectivity index (χ0) is 23.1. The van der Waals surface area contributed by atoms with Gasteiger partial charge in [-0.15, -0.1) is 0 Å². The Bertz CT molecular complexity index is 953. The molecule has 2 aromatic rings. The van der Waals surface area contributed by atoms with Crippen LogP contribution in [0.5, 0.6) is 0 Å². The lowest BCUT2D eigenvalue weighted by Crippen LogP contribution is -2.57. The van der Waals surface area contributed by atoms with Gasteiger partial charge in [-0.25, -0.2) is 0 Å². The minimum Gasteiger partial charge on any atom is -0.358 e. The van der Waals surface area contributed by atoms with E-state index in [1.165, 1.54) is 0 Å². The summed E-state index contributed by atoms with van der Waals surface area (Å²) in [5.41, 5.74) is 1.01. The molecule has 1 aliphatic rings. The van der Waals surface area contributed by atoms with Gasteiger partial charge in [0, 0.05) is 21.0 Å². The number of benzene rings is 2. The molecule has 6 nitrogen and oxygen atoms in total. The fourth-order valence-electron chi connectivity index (χ4n) is 3.52. The van der Waals surface area contributed by atoms with Crippen LogP contribution in [-0.4, -0.2) is 34.1 Å². The summed E-state index contributed by atoms with van der Waals surface area (Å²) in [7, 11) is 0. The molecule has 1 aliphatic carbocycles. The first-order chi connectivity index (χ1) is 15.3. The third kappa shape index (κ3) is 6.81. The molecule has 0 bridgehead atoms. The molecule has 1 saturated carbocycles. The highest BCUT2D eigenvalue weighted by Gasteiger charge is 2.27. The Labute approximate surface area is 214 Å². The van der Waals surface area contributed by atoms with Crippen molar-refractivity contribution in [2.75, 3.05) is 0 Å². The summed E-state index contributed by atoms with van der Waals surface area (Å²) in [6.07, 6.45) is 3.80. The molecule has 0 radical (unpaired) electrons. The van der Waals surface area contributed by atoms with Crippen molar-refractivity contribution in [1.82, 2.24) is 21.3 Å². The zero-order valence-electron chi connectivity index (χ0n) is 17.0. The molecule has 168 valence electrons. The van der Waals surface area contributed by atoms with Crippen molar-refractivity contribution in [3.63, 3.8) is 0 Å². The smallest absolute Gasteiger partial charge is 0.258 e. The average Bonchev–Trinajstić information content (AvgIpc) is 2.75. The van der Waals surface area contributed by atoms with Crippen LogP contribution in [-0.2, 0) is 0 Å². The van der Waals surface area contributed by atoms with Gasteiger partial charge in [-0.05, 0) is 93.4 Å². The van der Waals surface area contributed by atoms with Gasteiger partial charge in [-0.2, -0.15) is 0 Å². The van der Waals surface area contributed by atoms with Gasteiger partial charge in [0.05, 0.1) is 11.1 Å². The van der Waals surface area contributed by atoms with Gasteiger partial charge in [0.25, 0.3) is 11.8 Å². The van der Waals surface area contributed by atoms with Crippen LogP contribution in [0.25, 0.3) is 0 Å². The van der Waals surface area contributed by atoms with E-state index in [-0.39, 0.29) is 34.1 Å². The molecule has 1 fully saturated rings. The molecule has 0 unspecified atom stereocenters. The van der Waals surface area contributed by atoms with Crippen molar-refractivity contribution in [3.8, 4) is 0 Å². The summed E-state index contributed by atoms with van der Waals surface area (Å²) in [4.78, 5) is 25.0. The maximum atomic E-state index is 12.5. The van der Waals surface area contributed by atoms with Gasteiger partial charge in [0.15, 0.2) is 10.2 Å². The van der Waals surface area contributed by atoms with E-state index < -0.39 is 0 Å². The number of hydrogen-bond acceptors (Lipinski definition) is 4. The number of amides is 2. The maximum absolute atomic E-state index is 12.5. The van der Waals surface area contributed by atoms with E-state index in [1.807, 2.05) is 12.1 Å². The van der Waals surface area contributed by atoms with Crippen LogP contribution >= 0.6 is 56.3 Å². The minimum absolute atomic E-state index is 0.0333. The molecule has 0 aromatic heterocycles. The quantitative estimate of drug-likeness (QED) is 0.390. The maximum Gasteiger partial charge on any atom is 0.258 e. The van der Waals surface area contributed by atoms with Crippen LogP contribution in [0, 0.1) is 0 Å². The van der Waals surface area contributed by atoms with Crippen molar-refractivity contribution in [3.05, 3.63) is 68.6 Å². The van der Waals surface area contributed by atoms with E-state index in [2.05, 4.69) is 53.1 Å². The number of rotatable bonds is 4. The Morgan fingerprint density at radius 3 is 1.47 bits per heavy atom. The minimum atomic E-state index is -0.286. The van der Waals surface area contributed by atoms with Crippen molar-refractivity contribution in [2.24, 2.45) is 0 Å². The lowest BCUT2D eigenvalue weighted by molar-refractivity contribution is 0.0966. The fourth-order valence-corrected chi connectivity index (χ4v) is 4.93. The summed E-state index contributed by atoms with van der Waals surface area (Å²) in [5.74, 6) is -0.571. The monoisotopic (exact) mass is 596 g/mol. The first kappa shape index (κ1) is 24.8. The predicted molar refractivity (Wildman–Crippen MR) is 141 cm³/mol. The van der Waals surface area contributed by atoms with Crippen LogP contribution in [0.2, 0.25) is 0 Å².